The highest BCUT2D eigenvalue weighted by molar-refractivity contribution is 5.81. The minimum Gasteiger partial charge on any atom is -0.508 e. The molecule has 106 valence electrons. The average molecular weight is 266 g/mol. The number of nitrogens with one attached hydrogen (secondary N) is 1. The van der Waals surface area contributed by atoms with Crippen LogP contribution in [0.3, 0.4) is 0 Å². The number of aromatic hydroxyl groups is 1. The first-order valence-electron chi connectivity index (χ1n) is 6.52. The van der Waals surface area contributed by atoms with Crippen molar-refractivity contribution in [1.82, 2.24) is 5.32 Å². The molecule has 0 aliphatic rings. The zero-order chi connectivity index (χ0) is 14.3. The largest absolute Gasteiger partial charge is 0.508 e. The molecule has 1 amide bonds. The Labute approximate surface area is 113 Å². The van der Waals surface area contributed by atoms with Crippen LogP contribution in [-0.2, 0) is 11.2 Å². The molecule has 1 unspecified atom stereocenters. The predicted molar refractivity (Wildman–Crippen MR) is 73.7 cm³/mol. The van der Waals surface area contributed by atoms with Crippen LogP contribution < -0.4 is 11.1 Å². The van der Waals surface area contributed by atoms with Crippen LogP contribution in [0, 0.1) is 0 Å². The lowest BCUT2D eigenvalue weighted by Crippen LogP contribution is -2.42. The highest BCUT2D eigenvalue weighted by atomic mass is 16.3. The summed E-state index contributed by atoms with van der Waals surface area (Å²) >= 11 is 0. The lowest BCUT2D eigenvalue weighted by molar-refractivity contribution is -0.122. The Bertz CT molecular complexity index is 392. The van der Waals surface area contributed by atoms with Crippen molar-refractivity contribution in [2.75, 3.05) is 6.54 Å². The molecular weight excluding hydrogens is 244 g/mol. The fourth-order valence-corrected chi connectivity index (χ4v) is 1.68. The van der Waals surface area contributed by atoms with Crippen molar-refractivity contribution >= 4 is 5.91 Å². The smallest absolute Gasteiger partial charge is 0.237 e. The summed E-state index contributed by atoms with van der Waals surface area (Å²) in [4.78, 5) is 11.7. The van der Waals surface area contributed by atoms with Gasteiger partial charge in [-0.25, -0.2) is 0 Å². The summed E-state index contributed by atoms with van der Waals surface area (Å²) in [6, 6.07) is 5.99. The number of hydrogen-bond donors (Lipinski definition) is 4. The zero-order valence-electron chi connectivity index (χ0n) is 11.2. The number of aliphatic hydroxyl groups excluding tert-OH is 1. The van der Waals surface area contributed by atoms with Gasteiger partial charge in [0.1, 0.15) is 5.75 Å². The molecule has 0 fully saturated rings. The molecule has 2 atom stereocenters. The van der Waals surface area contributed by atoms with E-state index in [1.807, 2.05) is 6.92 Å². The van der Waals surface area contributed by atoms with Gasteiger partial charge in [-0.1, -0.05) is 19.1 Å². The Morgan fingerprint density at radius 2 is 2.00 bits per heavy atom. The Morgan fingerprint density at radius 1 is 1.37 bits per heavy atom. The van der Waals surface area contributed by atoms with Gasteiger partial charge in [-0.15, -0.1) is 0 Å². The van der Waals surface area contributed by atoms with Crippen LogP contribution in [0.2, 0.25) is 0 Å². The van der Waals surface area contributed by atoms with E-state index in [4.69, 9.17) is 10.8 Å². The number of phenols is 1. The summed E-state index contributed by atoms with van der Waals surface area (Å²) in [5, 5.41) is 21.2. The first-order valence-corrected chi connectivity index (χ1v) is 6.52. The molecule has 19 heavy (non-hydrogen) atoms. The maximum atomic E-state index is 11.7. The molecule has 0 aliphatic carbocycles. The lowest BCUT2D eigenvalue weighted by atomic mass is 10.1. The van der Waals surface area contributed by atoms with Crippen molar-refractivity contribution in [1.29, 1.82) is 0 Å². The van der Waals surface area contributed by atoms with Crippen molar-refractivity contribution in [2.45, 2.75) is 38.3 Å². The minimum atomic E-state index is -0.622. The number of phenolic OH excluding ortho intramolecular Hbond substituents is 1. The fourth-order valence-electron chi connectivity index (χ4n) is 1.68. The lowest BCUT2D eigenvalue weighted by Gasteiger charge is -2.13. The molecule has 0 radical (unpaired) electrons. The van der Waals surface area contributed by atoms with Gasteiger partial charge in [-0.2, -0.15) is 0 Å². The second kappa shape index (κ2) is 7.76. The van der Waals surface area contributed by atoms with Gasteiger partial charge >= 0.3 is 0 Å². The Kier molecular flexibility index (Phi) is 6.32. The van der Waals surface area contributed by atoms with Crippen LogP contribution in [-0.4, -0.2) is 34.8 Å². The van der Waals surface area contributed by atoms with E-state index in [1.54, 1.807) is 24.3 Å². The summed E-state index contributed by atoms with van der Waals surface area (Å²) in [5.41, 5.74) is 6.70. The average Bonchev–Trinajstić information content (AvgIpc) is 2.40. The van der Waals surface area contributed by atoms with E-state index in [9.17, 15) is 9.90 Å². The van der Waals surface area contributed by atoms with Gasteiger partial charge in [-0.05, 0) is 37.0 Å². The van der Waals surface area contributed by atoms with Crippen molar-refractivity contribution < 1.29 is 15.0 Å². The van der Waals surface area contributed by atoms with E-state index in [2.05, 4.69) is 5.32 Å². The summed E-state index contributed by atoms with van der Waals surface area (Å²) < 4.78 is 0. The molecule has 0 saturated heterocycles. The van der Waals surface area contributed by atoms with E-state index in [0.717, 1.165) is 5.56 Å². The third kappa shape index (κ3) is 5.72. The molecule has 0 heterocycles. The molecule has 1 aromatic rings. The molecular formula is C14H22N2O3. The Morgan fingerprint density at radius 3 is 2.58 bits per heavy atom. The molecule has 0 bridgehead atoms. The van der Waals surface area contributed by atoms with Crippen molar-refractivity contribution in [3.8, 4) is 5.75 Å². The monoisotopic (exact) mass is 266 g/mol. The maximum absolute atomic E-state index is 11.7. The van der Waals surface area contributed by atoms with E-state index >= 15 is 0 Å². The molecule has 5 N–H and O–H groups in total. The first-order chi connectivity index (χ1) is 9.02. The number of hydrogen-bond acceptors (Lipinski definition) is 4. The first kappa shape index (κ1) is 15.5. The predicted octanol–water partition coefficient (Wildman–Crippen LogP) is 0.539. The maximum Gasteiger partial charge on any atom is 0.237 e. The number of carbonyl (C=O) groups excluding carboxylic acids is 1. The van der Waals surface area contributed by atoms with Gasteiger partial charge in [0.25, 0.3) is 0 Å². The number of aliphatic hydroxyl groups is 1. The van der Waals surface area contributed by atoms with Crippen LogP contribution in [0.5, 0.6) is 5.75 Å². The molecule has 0 aliphatic heterocycles. The summed E-state index contributed by atoms with van der Waals surface area (Å²) in [7, 11) is 0. The van der Waals surface area contributed by atoms with E-state index < -0.39 is 6.04 Å². The number of nitrogens with two attached hydrogens (primary N) is 1. The van der Waals surface area contributed by atoms with Crippen LogP contribution in [0.1, 0.15) is 25.3 Å². The topological polar surface area (TPSA) is 95.6 Å². The summed E-state index contributed by atoms with van der Waals surface area (Å²) in [6.07, 6.45) is 1.25. The Balaban J connectivity index is 2.34. The van der Waals surface area contributed by atoms with Gasteiger partial charge in [0.2, 0.25) is 5.91 Å². The van der Waals surface area contributed by atoms with Gasteiger partial charge in [-0.3, -0.25) is 4.79 Å². The number of carbonyl (C=O) groups is 1. The van der Waals surface area contributed by atoms with Crippen molar-refractivity contribution in [3.63, 3.8) is 0 Å². The molecule has 0 spiro atoms. The quantitative estimate of drug-likeness (QED) is 0.579. The van der Waals surface area contributed by atoms with Gasteiger partial charge in [0.05, 0.1) is 12.1 Å². The SMILES string of the molecule is CCC(O)CCNC(=O)[C@H](N)Cc1ccc(O)cc1. The van der Waals surface area contributed by atoms with Gasteiger partial charge in [0.15, 0.2) is 0 Å². The van der Waals surface area contributed by atoms with E-state index in [1.165, 1.54) is 0 Å². The Hall–Kier alpha value is -1.59. The third-order valence-corrected chi connectivity index (χ3v) is 2.98. The van der Waals surface area contributed by atoms with Crippen LogP contribution >= 0.6 is 0 Å². The van der Waals surface area contributed by atoms with Crippen LogP contribution in [0.25, 0.3) is 0 Å². The summed E-state index contributed by atoms with van der Waals surface area (Å²) in [5.74, 6) is -0.0355. The third-order valence-electron chi connectivity index (χ3n) is 2.98. The number of benzene rings is 1. The van der Waals surface area contributed by atoms with Crippen LogP contribution in [0.4, 0.5) is 0 Å². The zero-order valence-corrected chi connectivity index (χ0v) is 11.2. The second-order valence-corrected chi connectivity index (χ2v) is 4.62. The molecule has 1 aromatic carbocycles. The number of amides is 1. The molecule has 1 rings (SSSR count). The van der Waals surface area contributed by atoms with Crippen LogP contribution in [0.15, 0.2) is 24.3 Å². The highest BCUT2D eigenvalue weighted by Crippen LogP contribution is 2.10. The molecule has 5 nitrogen and oxygen atoms in total. The number of rotatable bonds is 7. The molecule has 0 aromatic heterocycles. The summed E-state index contributed by atoms with van der Waals surface area (Å²) in [6.45, 7) is 2.32. The van der Waals surface area contributed by atoms with E-state index in [0.29, 0.717) is 25.8 Å². The normalized spacial score (nSPS) is 13.8. The van der Waals surface area contributed by atoms with Crippen molar-refractivity contribution in [3.05, 3.63) is 29.8 Å². The van der Waals surface area contributed by atoms with E-state index in [-0.39, 0.29) is 17.8 Å². The highest BCUT2D eigenvalue weighted by Gasteiger charge is 2.14. The standard InChI is InChI=1S/C14H22N2O3/c1-2-11(17)7-8-16-14(19)13(15)9-10-3-5-12(18)6-4-10/h3-6,11,13,17-18H,2,7-9,15H2,1H3,(H,16,19)/t11?,13-/m1/s1. The second-order valence-electron chi connectivity index (χ2n) is 4.62. The van der Waals surface area contributed by atoms with Gasteiger partial charge in [0, 0.05) is 6.54 Å². The molecule has 0 saturated carbocycles. The van der Waals surface area contributed by atoms with Gasteiger partial charge < -0.3 is 21.3 Å². The fraction of sp³-hybridized carbons (Fsp3) is 0.500. The molecule has 5 heteroatoms. The minimum absolute atomic E-state index is 0.190. The van der Waals surface area contributed by atoms with Crippen molar-refractivity contribution in [2.24, 2.45) is 5.73 Å².